The third kappa shape index (κ3) is 3.56. The molecule has 0 aliphatic heterocycles. The molecule has 0 spiro atoms. The predicted octanol–water partition coefficient (Wildman–Crippen LogP) is 2.08. The first kappa shape index (κ1) is 13.7. The fraction of sp³-hybridized carbons (Fsp3) is 0.667. The summed E-state index contributed by atoms with van der Waals surface area (Å²) in [5.41, 5.74) is 0.218. The summed E-state index contributed by atoms with van der Waals surface area (Å²) in [4.78, 5) is 17.6. The third-order valence-electron chi connectivity index (χ3n) is 2.59. The van der Waals surface area contributed by atoms with Crippen LogP contribution in [0.5, 0.6) is 0 Å². The molecule has 0 saturated carbocycles. The molecule has 1 aromatic rings. The van der Waals surface area contributed by atoms with E-state index in [1.165, 1.54) is 13.4 Å². The molecule has 5 nitrogen and oxygen atoms in total. The number of ether oxygens (including phenoxy) is 1. The average molecular weight is 240 g/mol. The van der Waals surface area contributed by atoms with Gasteiger partial charge in [0.2, 0.25) is 5.89 Å². The first-order valence-electron chi connectivity index (χ1n) is 5.74. The molecule has 1 heterocycles. The first-order valence-corrected chi connectivity index (χ1v) is 5.74. The van der Waals surface area contributed by atoms with Gasteiger partial charge in [-0.3, -0.25) is 4.90 Å². The molecule has 0 N–H and O–H groups in total. The van der Waals surface area contributed by atoms with Gasteiger partial charge in [0, 0.05) is 12.1 Å². The molecule has 1 rings (SSSR count). The molecule has 0 aromatic carbocycles. The van der Waals surface area contributed by atoms with Crippen LogP contribution >= 0.6 is 0 Å². The lowest BCUT2D eigenvalue weighted by Gasteiger charge is -2.28. The fourth-order valence-corrected chi connectivity index (χ4v) is 1.70. The van der Waals surface area contributed by atoms with Crippen LogP contribution in [0, 0.1) is 0 Å². The zero-order chi connectivity index (χ0) is 13.0. The Bertz CT molecular complexity index is 364. The SMILES string of the molecule is COC(=O)c1coc(CN(C(C)C)C(C)C)n1. The van der Waals surface area contributed by atoms with E-state index >= 15 is 0 Å². The highest BCUT2D eigenvalue weighted by molar-refractivity contribution is 5.86. The summed E-state index contributed by atoms with van der Waals surface area (Å²) < 4.78 is 9.84. The summed E-state index contributed by atoms with van der Waals surface area (Å²) in [6, 6.07) is 0.784. The van der Waals surface area contributed by atoms with Crippen molar-refractivity contribution in [2.24, 2.45) is 0 Å². The van der Waals surface area contributed by atoms with Crippen LogP contribution in [-0.2, 0) is 11.3 Å². The molecule has 0 amide bonds. The lowest BCUT2D eigenvalue weighted by Crippen LogP contribution is -2.36. The number of rotatable bonds is 5. The van der Waals surface area contributed by atoms with Crippen molar-refractivity contribution in [3.05, 3.63) is 17.8 Å². The van der Waals surface area contributed by atoms with Crippen LogP contribution in [0.4, 0.5) is 0 Å². The quantitative estimate of drug-likeness (QED) is 0.737. The van der Waals surface area contributed by atoms with Crippen molar-refractivity contribution >= 4 is 5.97 Å². The van der Waals surface area contributed by atoms with Crippen LogP contribution < -0.4 is 0 Å². The molecule has 96 valence electrons. The third-order valence-corrected chi connectivity index (χ3v) is 2.59. The smallest absolute Gasteiger partial charge is 0.360 e. The van der Waals surface area contributed by atoms with Gasteiger partial charge in [-0.1, -0.05) is 0 Å². The maximum atomic E-state index is 11.2. The second kappa shape index (κ2) is 5.82. The van der Waals surface area contributed by atoms with Crippen LogP contribution in [0.2, 0.25) is 0 Å². The number of methoxy groups -OCH3 is 1. The van der Waals surface area contributed by atoms with Crippen LogP contribution in [0.15, 0.2) is 10.7 Å². The summed E-state index contributed by atoms with van der Waals surface area (Å²) in [5.74, 6) is 0.0634. The van der Waals surface area contributed by atoms with Crippen LogP contribution in [0.1, 0.15) is 44.1 Å². The molecule has 17 heavy (non-hydrogen) atoms. The predicted molar refractivity (Wildman–Crippen MR) is 63.7 cm³/mol. The van der Waals surface area contributed by atoms with E-state index in [9.17, 15) is 4.79 Å². The van der Waals surface area contributed by atoms with Gasteiger partial charge in [-0.15, -0.1) is 0 Å². The minimum atomic E-state index is -0.472. The number of oxazole rings is 1. The molecular formula is C12H20N2O3. The highest BCUT2D eigenvalue weighted by atomic mass is 16.5. The molecular weight excluding hydrogens is 220 g/mol. The Kier molecular flexibility index (Phi) is 4.69. The summed E-state index contributed by atoms with van der Waals surface area (Å²) in [7, 11) is 1.32. The number of hydrogen-bond donors (Lipinski definition) is 0. The zero-order valence-electron chi connectivity index (χ0n) is 11.1. The Labute approximate surface area is 102 Å². The molecule has 0 fully saturated rings. The van der Waals surface area contributed by atoms with Crippen molar-refractivity contribution in [2.75, 3.05) is 7.11 Å². The van der Waals surface area contributed by atoms with Crippen molar-refractivity contribution in [1.82, 2.24) is 9.88 Å². The van der Waals surface area contributed by atoms with Gasteiger partial charge in [0.15, 0.2) is 5.69 Å². The van der Waals surface area contributed by atoms with E-state index in [4.69, 9.17) is 4.42 Å². The number of esters is 1. The van der Waals surface area contributed by atoms with Gasteiger partial charge in [-0.2, -0.15) is 0 Å². The van der Waals surface area contributed by atoms with Crippen molar-refractivity contribution in [3.8, 4) is 0 Å². The van der Waals surface area contributed by atoms with Crippen molar-refractivity contribution in [1.29, 1.82) is 0 Å². The molecule has 0 bridgehead atoms. The number of carbonyl (C=O) groups excluding carboxylic acids is 1. The van der Waals surface area contributed by atoms with Gasteiger partial charge in [-0.25, -0.2) is 9.78 Å². The van der Waals surface area contributed by atoms with Gasteiger partial charge in [0.05, 0.1) is 13.7 Å². The average Bonchev–Trinajstić information content (AvgIpc) is 2.72. The Hall–Kier alpha value is -1.36. The second-order valence-electron chi connectivity index (χ2n) is 4.48. The Morgan fingerprint density at radius 3 is 2.47 bits per heavy atom. The number of hydrogen-bond acceptors (Lipinski definition) is 5. The van der Waals surface area contributed by atoms with E-state index in [0.29, 0.717) is 24.5 Å². The topological polar surface area (TPSA) is 55.6 Å². The molecule has 5 heteroatoms. The van der Waals surface area contributed by atoms with E-state index in [2.05, 4.69) is 42.3 Å². The largest absolute Gasteiger partial charge is 0.464 e. The lowest BCUT2D eigenvalue weighted by molar-refractivity contribution is 0.0594. The second-order valence-corrected chi connectivity index (χ2v) is 4.48. The molecule has 0 unspecified atom stereocenters. The molecule has 0 atom stereocenters. The fourth-order valence-electron chi connectivity index (χ4n) is 1.70. The number of aromatic nitrogens is 1. The maximum absolute atomic E-state index is 11.2. The standard InChI is InChI=1S/C12H20N2O3/c1-8(2)14(9(3)4)6-11-13-10(7-17-11)12(15)16-5/h7-9H,6H2,1-5H3. The minimum absolute atomic E-state index is 0.218. The summed E-state index contributed by atoms with van der Waals surface area (Å²) in [6.45, 7) is 9.05. The first-order chi connectivity index (χ1) is 7.95. The molecule has 0 aliphatic rings. The van der Waals surface area contributed by atoms with E-state index in [1.54, 1.807) is 0 Å². The van der Waals surface area contributed by atoms with Crippen molar-refractivity contribution in [3.63, 3.8) is 0 Å². The minimum Gasteiger partial charge on any atom is -0.464 e. The van der Waals surface area contributed by atoms with Crippen LogP contribution in [-0.4, -0.2) is 35.0 Å². The van der Waals surface area contributed by atoms with E-state index in [0.717, 1.165) is 0 Å². The Balaban J connectivity index is 2.74. The van der Waals surface area contributed by atoms with Gasteiger partial charge >= 0.3 is 5.97 Å². The number of carbonyl (C=O) groups is 1. The molecule has 0 radical (unpaired) electrons. The lowest BCUT2D eigenvalue weighted by atomic mass is 10.2. The molecule has 0 saturated heterocycles. The Morgan fingerprint density at radius 2 is 2.00 bits per heavy atom. The van der Waals surface area contributed by atoms with Crippen molar-refractivity contribution in [2.45, 2.75) is 46.3 Å². The number of nitrogens with zero attached hydrogens (tertiary/aromatic N) is 2. The van der Waals surface area contributed by atoms with Crippen molar-refractivity contribution < 1.29 is 13.9 Å². The van der Waals surface area contributed by atoms with E-state index < -0.39 is 5.97 Å². The zero-order valence-corrected chi connectivity index (χ0v) is 11.1. The summed E-state index contributed by atoms with van der Waals surface area (Å²) in [6.07, 6.45) is 1.33. The monoisotopic (exact) mass is 240 g/mol. The van der Waals surface area contributed by atoms with Gasteiger partial charge in [0.1, 0.15) is 6.26 Å². The Morgan fingerprint density at radius 1 is 1.41 bits per heavy atom. The van der Waals surface area contributed by atoms with Crippen LogP contribution in [0.3, 0.4) is 0 Å². The van der Waals surface area contributed by atoms with E-state index in [-0.39, 0.29) is 5.69 Å². The van der Waals surface area contributed by atoms with Gasteiger partial charge in [0.25, 0.3) is 0 Å². The summed E-state index contributed by atoms with van der Waals surface area (Å²) in [5, 5.41) is 0. The molecule has 0 aliphatic carbocycles. The molecule has 1 aromatic heterocycles. The maximum Gasteiger partial charge on any atom is 0.360 e. The normalized spacial score (nSPS) is 11.5. The highest BCUT2D eigenvalue weighted by Gasteiger charge is 2.18. The van der Waals surface area contributed by atoms with Gasteiger partial charge in [-0.05, 0) is 27.7 Å². The van der Waals surface area contributed by atoms with E-state index in [1.807, 2.05) is 0 Å². The summed E-state index contributed by atoms with van der Waals surface area (Å²) >= 11 is 0. The highest BCUT2D eigenvalue weighted by Crippen LogP contribution is 2.12. The van der Waals surface area contributed by atoms with Gasteiger partial charge < -0.3 is 9.15 Å². The van der Waals surface area contributed by atoms with Crippen LogP contribution in [0.25, 0.3) is 0 Å².